The minimum atomic E-state index is -4.83. The summed E-state index contributed by atoms with van der Waals surface area (Å²) >= 11 is 0. The largest absolute Gasteiger partial charge is 0.493 e. The molecule has 3 unspecified atom stereocenters. The maximum absolute atomic E-state index is 14.6. The number of esters is 2. The molecule has 22 atom stereocenters. The Labute approximate surface area is 704 Å². The molecule has 0 aliphatic carbocycles. The number of carboxylic acids is 1. The molecular formula is C69H98F2N18O31P4. The molecule has 4 aliphatic heterocycles. The predicted octanol–water partition coefficient (Wildman–Crippen LogP) is 0.393. The first-order chi connectivity index (χ1) is 58.2. The van der Waals surface area contributed by atoms with Crippen LogP contribution in [-0.2, 0) is 90.3 Å². The fourth-order valence-electron chi connectivity index (χ4n) is 11.7. The molecule has 11 rings (SSSR count). The number of alkyl halides is 2. The van der Waals surface area contributed by atoms with Crippen molar-refractivity contribution in [2.24, 2.45) is 22.9 Å². The summed E-state index contributed by atoms with van der Waals surface area (Å²) in [6.45, 7) is 18.5. The number of hydrogen-bond donors (Lipinski definition) is 19. The van der Waals surface area contributed by atoms with Crippen LogP contribution in [0, 0.1) is 0 Å². The molecule has 55 heteroatoms. The lowest BCUT2D eigenvalue weighted by Crippen LogP contribution is -2.37. The summed E-state index contributed by atoms with van der Waals surface area (Å²) in [7, 11) is -16.9. The molecule has 0 radical (unpaired) electrons. The number of fused-ring (bicyclic) bond motifs is 1. The fourth-order valence-corrected chi connectivity index (χ4v) is 16.8. The first-order valence-corrected chi connectivity index (χ1v) is 43.3. The monoisotopic (exact) mass is 1840 g/mol. The van der Waals surface area contributed by atoms with Crippen molar-refractivity contribution in [3.05, 3.63) is 153 Å². The van der Waals surface area contributed by atoms with E-state index in [1.807, 2.05) is 53.6 Å². The molecule has 4 saturated heterocycles. The smallest absolute Gasteiger partial charge is 0.459 e. The van der Waals surface area contributed by atoms with Crippen LogP contribution in [0.4, 0.5) is 8.78 Å². The van der Waals surface area contributed by atoms with E-state index in [4.69, 9.17) is 69.8 Å². The van der Waals surface area contributed by atoms with Crippen LogP contribution >= 0.6 is 30.8 Å². The average molecular weight is 1840 g/mol. The van der Waals surface area contributed by atoms with E-state index in [0.717, 1.165) is 45.2 Å². The van der Waals surface area contributed by atoms with Crippen molar-refractivity contribution in [2.45, 2.75) is 170 Å². The number of carbonyl (C=O) groups excluding carboxylic acids is 2. The molecule has 8 heterocycles. The summed E-state index contributed by atoms with van der Waals surface area (Å²) in [5.74, 6) is -2.71. The second-order valence-corrected chi connectivity index (χ2v) is 34.4. The van der Waals surface area contributed by atoms with Gasteiger partial charge in [0, 0.05) is 5.39 Å². The molecule has 0 saturated carbocycles. The van der Waals surface area contributed by atoms with Gasteiger partial charge < -0.3 is 126 Å². The highest BCUT2D eigenvalue weighted by Gasteiger charge is 2.59. The van der Waals surface area contributed by atoms with Gasteiger partial charge in [0.1, 0.15) is 129 Å². The molecule has 0 bridgehead atoms. The molecule has 3 aromatic carbocycles. The number of aliphatic hydroxyl groups excluding tert-OH is 8. The number of carbonyl (C=O) groups is 3. The molecule has 4 aromatic heterocycles. The SMILES string of the molecule is C=C(N)c1ncn([C@@H]2O[C@H](CC(F)(F)P(=O)(OCC)OCC)[C@@H](O)[C@H]2O)c1O.C=C(N)c1ncn([C@@H]2O[C@H](COP(=O)(N[C@@H](C)C(=O)OCc3ccccc3)Oc3cccc4ccccc34)[C@@H](O)[C@H]2O)n1.C=C(N)c1ncn([C@@H]2O[C@H](COP(=O)(O)N[C@@H](C)C(=O)O)[C@@H](O)[C@H]2O)n1.C=C(N)c1ncn([C@@H]2O[C@H](COP(=O)(O)N[C@@H](C)C(=O)OC)[C@@H](O)[C@H]2O)n1. The number of aromatic nitrogens is 11. The number of aromatic hydroxyl groups is 1. The number of ether oxygens (including phenoxy) is 6. The third kappa shape index (κ3) is 25.5. The van der Waals surface area contributed by atoms with Gasteiger partial charge in [-0.25, -0.2) is 57.9 Å². The second-order valence-electron chi connectivity index (χ2n) is 27.5. The predicted molar refractivity (Wildman–Crippen MR) is 424 cm³/mol. The number of imidazole rings is 1. The van der Waals surface area contributed by atoms with Crippen molar-refractivity contribution in [3.63, 3.8) is 0 Å². The van der Waals surface area contributed by atoms with Gasteiger partial charge in [-0.1, -0.05) is 93.0 Å². The number of methoxy groups -OCH3 is 1. The number of benzene rings is 3. The van der Waals surface area contributed by atoms with Crippen LogP contribution in [0.15, 0.2) is 124 Å². The van der Waals surface area contributed by atoms with Crippen molar-refractivity contribution in [3.8, 4) is 11.6 Å². The Kier molecular flexibility index (Phi) is 34.9. The molecule has 23 N–H and O–H groups in total. The summed E-state index contributed by atoms with van der Waals surface area (Å²) in [4.78, 5) is 69.7. The first kappa shape index (κ1) is 100. The number of hydrogen-bond acceptors (Lipinski definition) is 39. The Hall–Kier alpha value is -9.38. The maximum Gasteiger partial charge on any atom is 0.459 e. The Bertz CT molecular complexity index is 5020. The van der Waals surface area contributed by atoms with E-state index < -0.39 is 203 Å². The number of nitrogens with two attached hydrogens (primary N) is 4. The lowest BCUT2D eigenvalue weighted by molar-refractivity contribution is -0.146. The summed E-state index contributed by atoms with van der Waals surface area (Å²) in [5.41, 5.74) is 19.0. The van der Waals surface area contributed by atoms with Crippen molar-refractivity contribution >= 4 is 82.3 Å². The van der Waals surface area contributed by atoms with E-state index in [9.17, 15) is 97.2 Å². The first-order valence-electron chi connectivity index (χ1n) is 37.0. The zero-order valence-corrected chi connectivity index (χ0v) is 70.5. The lowest BCUT2D eigenvalue weighted by Gasteiger charge is -2.28. The third-order valence-corrected chi connectivity index (χ3v) is 24.3. The molecule has 124 heavy (non-hydrogen) atoms. The third-order valence-electron chi connectivity index (χ3n) is 18.1. The van der Waals surface area contributed by atoms with Gasteiger partial charge in [0.25, 0.3) is 0 Å². The number of nitrogens with one attached hydrogen (secondary N) is 3. The van der Waals surface area contributed by atoms with E-state index in [1.54, 1.807) is 24.3 Å². The average Bonchev–Trinajstić information content (AvgIpc) is 1.62. The number of aliphatic hydroxyl groups is 8. The summed E-state index contributed by atoms with van der Waals surface area (Å²) in [6.07, 6.45) is -18.4. The maximum atomic E-state index is 14.6. The zero-order chi connectivity index (χ0) is 91.8. The van der Waals surface area contributed by atoms with Crippen LogP contribution in [0.5, 0.6) is 11.6 Å². The highest BCUT2D eigenvalue weighted by atomic mass is 31.2. The van der Waals surface area contributed by atoms with Crippen LogP contribution in [-0.4, -0.2) is 270 Å². The van der Waals surface area contributed by atoms with Gasteiger partial charge in [-0.05, 0) is 51.6 Å². The quantitative estimate of drug-likeness (QED) is 0.0185. The van der Waals surface area contributed by atoms with E-state index in [1.165, 1.54) is 51.4 Å². The van der Waals surface area contributed by atoms with Gasteiger partial charge in [-0.3, -0.25) is 37.1 Å². The highest BCUT2D eigenvalue weighted by molar-refractivity contribution is 7.55. The topological polar surface area (TPSA) is 723 Å². The van der Waals surface area contributed by atoms with Gasteiger partial charge in [-0.15, -0.1) is 15.3 Å². The van der Waals surface area contributed by atoms with Crippen molar-refractivity contribution in [2.75, 3.05) is 40.1 Å². The molecule has 49 nitrogen and oxygen atoms in total. The fraction of sp³-hybridized carbons (Fsp3) is 0.478. The molecule has 4 fully saturated rings. The normalized spacial score (nSPS) is 25.9. The van der Waals surface area contributed by atoms with E-state index >= 15 is 0 Å². The number of carboxylic acid groups (broad SMARTS) is 1. The number of halogens is 2. The summed E-state index contributed by atoms with van der Waals surface area (Å²) in [5, 5.41) is 121. The zero-order valence-electron chi connectivity index (χ0n) is 66.9. The summed E-state index contributed by atoms with van der Waals surface area (Å²) in [6, 6.07) is 18.1. The number of rotatable bonds is 37. The van der Waals surface area contributed by atoms with Crippen molar-refractivity contribution < 1.29 is 158 Å². The second kappa shape index (κ2) is 43.2. The van der Waals surface area contributed by atoms with Gasteiger partial charge in [0.05, 0.1) is 75.5 Å². The molecule has 7 aromatic rings. The minimum Gasteiger partial charge on any atom is -0.493 e. The Morgan fingerprint density at radius 3 is 1.37 bits per heavy atom. The van der Waals surface area contributed by atoms with Gasteiger partial charge in [0.15, 0.2) is 42.4 Å². The van der Waals surface area contributed by atoms with Gasteiger partial charge >= 0.3 is 54.4 Å². The lowest BCUT2D eigenvalue weighted by atomic mass is 10.1. The number of nitrogens with zero attached hydrogens (tertiary/aromatic N) is 11. The van der Waals surface area contributed by atoms with Crippen LogP contribution in [0.2, 0.25) is 0 Å². The summed E-state index contributed by atoms with van der Waals surface area (Å²) < 4.78 is 146. The highest BCUT2D eigenvalue weighted by Crippen LogP contribution is 2.64. The molecule has 4 aliphatic rings. The van der Waals surface area contributed by atoms with Crippen molar-refractivity contribution in [1.29, 1.82) is 0 Å². The minimum absolute atomic E-state index is 0.0178. The van der Waals surface area contributed by atoms with Crippen molar-refractivity contribution in [1.82, 2.24) is 69.1 Å². The molecule has 684 valence electrons. The van der Waals surface area contributed by atoms with E-state index in [0.29, 0.717) is 5.39 Å². The number of aliphatic carboxylic acids is 1. The van der Waals surface area contributed by atoms with Crippen LogP contribution < -0.4 is 42.7 Å². The standard InChI is InChI=1S/C29H32N5O8P.C15H24F2N3O7P.C13H22N5O8P.C12H20N5O8P/c1-18(30)27-31-17-34(32-27)28-26(36)25(35)24(41-28)16-40-43(38,42-23-14-8-12-21-11-6-7-13-22(21)23)33-19(2)29(37)39-15-20-9-4-3-5-10-20;1-4-25-28(24,26-5-2)15(16,17)6-9-11(21)12(22)14(27-9)20-7-19-10(8(3)18)13(20)23;1-6(14)11-15-5-18(16-11)12-10(20)9(19)8(26-12)4-25-27(22,23)17-7(2)13(21)24-3;1-5(13)10-14-4-17(15-10)11-9(19)8(18)7(25-11)3-24-26(22,23)16-6(2)12(20)21/h3-14,17,19,24-26,28,35-36H,1,15-16,30H2,2H3,(H,33,38);7,9,11-12,14,21-23H,3-6,18H2,1-2H3;5,7-10,12,19-20H,1,4,14H2,2-3H3,(H2,17,22,23);4,6-9,11,18-19H,1,3,13H2,2H3,(H,20,21)(H2,16,22,23)/t19-,24+,25+,26+,28+,43?;9-,11-,12-,14-;7-,8+,9+,10+,12+;6-,7+,8+,9+,11+/m0100/s1. The Morgan fingerprint density at radius 2 is 0.944 bits per heavy atom. The van der Waals surface area contributed by atoms with Crippen LogP contribution in [0.25, 0.3) is 33.6 Å². The Balaban J connectivity index is 0.000000211. The van der Waals surface area contributed by atoms with Crippen LogP contribution in [0.3, 0.4) is 0 Å². The van der Waals surface area contributed by atoms with Crippen LogP contribution in [0.1, 0.15) is 94.7 Å². The molecular weight excluding hydrogens is 1740 g/mol. The van der Waals surface area contributed by atoms with E-state index in [2.05, 4.69) is 85.5 Å². The van der Waals surface area contributed by atoms with E-state index in [-0.39, 0.29) is 71.5 Å². The van der Waals surface area contributed by atoms with Gasteiger partial charge in [-0.2, -0.15) is 13.9 Å². The Morgan fingerprint density at radius 1 is 0.532 bits per heavy atom. The van der Waals surface area contributed by atoms with Gasteiger partial charge in [0.2, 0.25) is 5.88 Å². The molecule has 0 spiro atoms. The molecule has 0 amide bonds.